The Morgan fingerprint density at radius 2 is 1.86 bits per heavy atom. The molecule has 0 saturated carbocycles. The molecule has 0 aliphatic carbocycles. The summed E-state index contributed by atoms with van der Waals surface area (Å²) in [6.07, 6.45) is -0.348. The van der Waals surface area contributed by atoms with E-state index in [0.29, 0.717) is 12.1 Å². The summed E-state index contributed by atoms with van der Waals surface area (Å²) < 4.78 is 0. The van der Waals surface area contributed by atoms with Crippen molar-refractivity contribution in [1.29, 1.82) is 0 Å². The second-order valence-corrected chi connectivity index (χ2v) is 5.26. The number of aliphatic hydroxyl groups is 1. The molecule has 1 aliphatic heterocycles. The lowest BCUT2D eigenvalue weighted by Gasteiger charge is -2.27. The van der Waals surface area contributed by atoms with E-state index in [9.17, 15) is 9.90 Å². The lowest BCUT2D eigenvalue weighted by Crippen LogP contribution is -2.45. The van der Waals surface area contributed by atoms with E-state index < -0.39 is 6.10 Å². The van der Waals surface area contributed by atoms with E-state index in [1.165, 1.54) is 5.56 Å². The molecule has 0 radical (unpaired) electrons. The molecule has 108 valence electrons. The smallest absolute Gasteiger partial charge is 0.253 e. The number of hydrogen-bond donors (Lipinski definition) is 3. The number of rotatable bonds is 3. The highest BCUT2D eigenvalue weighted by Gasteiger charge is 2.23. The van der Waals surface area contributed by atoms with Crippen molar-refractivity contribution in [2.24, 2.45) is 0 Å². The van der Waals surface area contributed by atoms with Crippen LogP contribution in [0.25, 0.3) is 0 Å². The summed E-state index contributed by atoms with van der Waals surface area (Å²) in [6.45, 7) is 0.671. The number of aliphatic hydroxyl groups excluding tert-OH is 1. The lowest BCUT2D eigenvalue weighted by atomic mass is 9.99. The zero-order valence-corrected chi connectivity index (χ0v) is 11.6. The van der Waals surface area contributed by atoms with E-state index >= 15 is 0 Å². The van der Waals surface area contributed by atoms with Gasteiger partial charge >= 0.3 is 0 Å². The van der Waals surface area contributed by atoms with E-state index in [2.05, 4.69) is 10.6 Å². The fraction of sp³-hybridized carbons (Fsp3) is 0.235. The molecule has 21 heavy (non-hydrogen) atoms. The Morgan fingerprint density at radius 1 is 1.14 bits per heavy atom. The van der Waals surface area contributed by atoms with Gasteiger partial charge in [-0.05, 0) is 23.6 Å². The number of para-hydroxylation sites is 1. The second kappa shape index (κ2) is 5.97. The maximum Gasteiger partial charge on any atom is 0.253 e. The molecule has 3 rings (SSSR count). The van der Waals surface area contributed by atoms with Gasteiger partial charge in [-0.25, -0.2) is 0 Å². The van der Waals surface area contributed by atoms with Crippen LogP contribution in [-0.4, -0.2) is 23.6 Å². The van der Waals surface area contributed by atoms with E-state index in [4.69, 9.17) is 0 Å². The fourth-order valence-electron chi connectivity index (χ4n) is 2.61. The van der Waals surface area contributed by atoms with Gasteiger partial charge in [0.1, 0.15) is 0 Å². The highest BCUT2D eigenvalue weighted by atomic mass is 16.3. The van der Waals surface area contributed by atoms with Gasteiger partial charge in [-0.3, -0.25) is 4.79 Å². The molecule has 4 heteroatoms. The summed E-state index contributed by atoms with van der Waals surface area (Å²) in [5.74, 6) is -0.354. The van der Waals surface area contributed by atoms with Gasteiger partial charge in [0.05, 0.1) is 6.04 Å². The predicted octanol–water partition coefficient (Wildman–Crippen LogP) is 1.87. The van der Waals surface area contributed by atoms with E-state index in [-0.39, 0.29) is 11.9 Å². The average molecular weight is 282 g/mol. The quantitative estimate of drug-likeness (QED) is 0.805. The van der Waals surface area contributed by atoms with Crippen LogP contribution >= 0.6 is 0 Å². The maximum atomic E-state index is 12.1. The van der Waals surface area contributed by atoms with Crippen molar-refractivity contribution in [1.82, 2.24) is 5.32 Å². The first-order valence-electron chi connectivity index (χ1n) is 7.09. The summed E-state index contributed by atoms with van der Waals surface area (Å²) >= 11 is 0. The zero-order chi connectivity index (χ0) is 14.7. The number of benzene rings is 2. The van der Waals surface area contributed by atoms with Gasteiger partial charge in [-0.1, -0.05) is 48.5 Å². The van der Waals surface area contributed by atoms with Crippen molar-refractivity contribution >= 4 is 11.6 Å². The molecule has 3 N–H and O–H groups in total. The minimum Gasteiger partial charge on any atom is -0.383 e. The molecule has 0 fully saturated rings. The van der Waals surface area contributed by atoms with Crippen molar-refractivity contribution in [2.45, 2.75) is 18.6 Å². The Balaban J connectivity index is 1.64. The average Bonchev–Trinajstić information content (AvgIpc) is 2.55. The van der Waals surface area contributed by atoms with E-state index in [1.807, 2.05) is 42.5 Å². The molecule has 0 bridgehead atoms. The molecule has 0 aromatic heterocycles. The highest BCUT2D eigenvalue weighted by molar-refractivity contribution is 5.82. The standard InChI is InChI=1S/C17H18N2O2/c20-16(12-6-2-1-3-7-12)17(21)19-14-10-13-8-4-5-9-15(13)18-11-14/h1-9,14,16,18,20H,10-11H2,(H,19,21). The van der Waals surface area contributed by atoms with Gasteiger partial charge in [0, 0.05) is 12.2 Å². The molecule has 2 atom stereocenters. The third-order valence-corrected chi connectivity index (χ3v) is 3.73. The minimum absolute atomic E-state index is 0.00855. The molecule has 1 aliphatic rings. The Bertz CT molecular complexity index is 628. The molecule has 4 nitrogen and oxygen atoms in total. The van der Waals surface area contributed by atoms with Gasteiger partial charge in [0.2, 0.25) is 0 Å². The molecule has 0 spiro atoms. The lowest BCUT2D eigenvalue weighted by molar-refractivity contribution is -0.130. The Kier molecular flexibility index (Phi) is 3.88. The first kappa shape index (κ1) is 13.6. The Hall–Kier alpha value is -2.33. The van der Waals surface area contributed by atoms with Gasteiger partial charge in [-0.2, -0.15) is 0 Å². The summed E-state index contributed by atoms with van der Waals surface area (Å²) in [6, 6.07) is 17.0. The van der Waals surface area contributed by atoms with Gasteiger partial charge in [0.15, 0.2) is 6.10 Å². The van der Waals surface area contributed by atoms with Crippen molar-refractivity contribution < 1.29 is 9.90 Å². The molecule has 2 aromatic rings. The molecular weight excluding hydrogens is 264 g/mol. The molecule has 1 amide bonds. The van der Waals surface area contributed by atoms with Crippen LogP contribution < -0.4 is 10.6 Å². The number of fused-ring (bicyclic) bond motifs is 1. The van der Waals surface area contributed by atoms with Gasteiger partial charge in [-0.15, -0.1) is 0 Å². The molecule has 2 unspecified atom stereocenters. The Labute approximate surface area is 123 Å². The number of anilines is 1. The molecule has 0 saturated heterocycles. The van der Waals surface area contributed by atoms with Crippen LogP contribution in [0.4, 0.5) is 5.69 Å². The van der Waals surface area contributed by atoms with Crippen LogP contribution in [0.3, 0.4) is 0 Å². The van der Waals surface area contributed by atoms with Crippen molar-refractivity contribution in [2.75, 3.05) is 11.9 Å². The third kappa shape index (κ3) is 3.06. The zero-order valence-electron chi connectivity index (χ0n) is 11.6. The second-order valence-electron chi connectivity index (χ2n) is 5.26. The summed E-state index contributed by atoms with van der Waals surface area (Å²) in [4.78, 5) is 12.1. The van der Waals surface area contributed by atoms with Gasteiger partial charge < -0.3 is 15.7 Å². The number of hydrogen-bond acceptors (Lipinski definition) is 3. The number of carbonyl (C=O) groups excluding carboxylic acids is 1. The minimum atomic E-state index is -1.12. The largest absolute Gasteiger partial charge is 0.383 e. The van der Waals surface area contributed by atoms with Crippen LogP contribution in [0.5, 0.6) is 0 Å². The predicted molar refractivity (Wildman–Crippen MR) is 82.0 cm³/mol. The van der Waals surface area contributed by atoms with Crippen LogP contribution in [0.1, 0.15) is 17.2 Å². The van der Waals surface area contributed by atoms with Crippen LogP contribution in [0.15, 0.2) is 54.6 Å². The first-order valence-corrected chi connectivity index (χ1v) is 7.09. The number of amides is 1. The summed E-state index contributed by atoms with van der Waals surface area (Å²) in [7, 11) is 0. The van der Waals surface area contributed by atoms with E-state index in [1.54, 1.807) is 12.1 Å². The summed E-state index contributed by atoms with van der Waals surface area (Å²) in [5, 5.41) is 16.3. The van der Waals surface area contributed by atoms with Gasteiger partial charge in [0.25, 0.3) is 5.91 Å². The van der Waals surface area contributed by atoms with Crippen LogP contribution in [0.2, 0.25) is 0 Å². The maximum absolute atomic E-state index is 12.1. The SMILES string of the molecule is O=C(NC1CNc2ccccc2C1)C(O)c1ccccc1. The van der Waals surface area contributed by atoms with Crippen LogP contribution in [0, 0.1) is 0 Å². The Morgan fingerprint density at radius 3 is 2.67 bits per heavy atom. The number of nitrogens with one attached hydrogen (secondary N) is 2. The van der Waals surface area contributed by atoms with E-state index in [0.717, 1.165) is 12.1 Å². The highest BCUT2D eigenvalue weighted by Crippen LogP contribution is 2.21. The molecule has 1 heterocycles. The molecule has 2 aromatic carbocycles. The third-order valence-electron chi connectivity index (χ3n) is 3.73. The van der Waals surface area contributed by atoms with Crippen LogP contribution in [-0.2, 0) is 11.2 Å². The van der Waals surface area contributed by atoms with Crippen molar-refractivity contribution in [3.63, 3.8) is 0 Å². The summed E-state index contributed by atoms with van der Waals surface area (Å²) in [5.41, 5.74) is 2.91. The number of carbonyl (C=O) groups is 1. The molecular formula is C17H18N2O2. The van der Waals surface area contributed by atoms with Crippen molar-refractivity contribution in [3.8, 4) is 0 Å². The monoisotopic (exact) mass is 282 g/mol. The topological polar surface area (TPSA) is 61.4 Å². The first-order chi connectivity index (χ1) is 10.2. The normalized spacial score (nSPS) is 18.2. The van der Waals surface area contributed by atoms with Crippen molar-refractivity contribution in [3.05, 3.63) is 65.7 Å². The fourth-order valence-corrected chi connectivity index (χ4v) is 2.61.